The van der Waals surface area contributed by atoms with E-state index in [1.54, 1.807) is 0 Å². The van der Waals surface area contributed by atoms with Gasteiger partial charge in [0.15, 0.2) is 0 Å². The maximum Gasteiger partial charge on any atom is 0.317 e. The lowest BCUT2D eigenvalue weighted by molar-refractivity contribution is -0.143. The molecule has 0 fully saturated rings. The zero-order chi connectivity index (χ0) is 10.8. The Morgan fingerprint density at radius 3 is 2.60 bits per heavy atom. The minimum absolute atomic E-state index is 0.0904. The molecule has 1 aliphatic rings. The number of hydrogen-bond acceptors (Lipinski definition) is 2. The van der Waals surface area contributed by atoms with E-state index in [-0.39, 0.29) is 11.9 Å². The number of benzene rings is 1. The maximum absolute atomic E-state index is 11.5. The van der Waals surface area contributed by atoms with E-state index in [1.165, 1.54) is 0 Å². The first-order chi connectivity index (χ1) is 7.25. The first-order valence-electron chi connectivity index (χ1n) is 5.18. The van der Waals surface area contributed by atoms with E-state index < -0.39 is 0 Å². The van der Waals surface area contributed by atoms with E-state index in [4.69, 9.17) is 4.74 Å². The molecule has 0 radical (unpaired) electrons. The van der Waals surface area contributed by atoms with Gasteiger partial charge in [0.05, 0.1) is 6.61 Å². The fourth-order valence-electron chi connectivity index (χ4n) is 1.86. The summed E-state index contributed by atoms with van der Waals surface area (Å²) in [5.41, 5.74) is 3.40. The first kappa shape index (κ1) is 9.97. The van der Waals surface area contributed by atoms with Crippen molar-refractivity contribution in [2.45, 2.75) is 13.8 Å². The van der Waals surface area contributed by atoms with Crippen LogP contribution < -0.4 is 0 Å². The molecule has 0 amide bonds. The molecule has 1 aromatic carbocycles. The number of carbonyl (C=O) groups excluding carboxylic acids is 1. The van der Waals surface area contributed by atoms with Gasteiger partial charge in [-0.3, -0.25) is 4.79 Å². The van der Waals surface area contributed by atoms with Gasteiger partial charge >= 0.3 is 5.97 Å². The van der Waals surface area contributed by atoms with Crippen molar-refractivity contribution in [3.8, 4) is 0 Å². The van der Waals surface area contributed by atoms with E-state index >= 15 is 0 Å². The molecule has 2 nitrogen and oxygen atoms in total. The zero-order valence-electron chi connectivity index (χ0n) is 8.99. The molecule has 0 spiro atoms. The van der Waals surface area contributed by atoms with Crippen molar-refractivity contribution in [3.63, 3.8) is 0 Å². The van der Waals surface area contributed by atoms with Crippen molar-refractivity contribution in [1.82, 2.24) is 0 Å². The lowest BCUT2D eigenvalue weighted by Crippen LogP contribution is -2.08. The summed E-state index contributed by atoms with van der Waals surface area (Å²) in [5.74, 6) is -0.207. The van der Waals surface area contributed by atoms with E-state index in [1.807, 2.05) is 44.2 Å². The minimum atomic E-state index is -0.117. The highest BCUT2D eigenvalue weighted by molar-refractivity contribution is 6.03. The molecular weight excluding hydrogens is 188 g/mol. The van der Waals surface area contributed by atoms with Gasteiger partial charge in [0, 0.05) is 0 Å². The summed E-state index contributed by atoms with van der Waals surface area (Å²) < 4.78 is 5.01. The Morgan fingerprint density at radius 1 is 1.33 bits per heavy atom. The molecule has 0 saturated carbocycles. The molecule has 2 rings (SSSR count). The van der Waals surface area contributed by atoms with Crippen molar-refractivity contribution in [3.05, 3.63) is 41.5 Å². The van der Waals surface area contributed by atoms with Crippen molar-refractivity contribution < 1.29 is 9.53 Å². The molecule has 15 heavy (non-hydrogen) atoms. The van der Waals surface area contributed by atoms with Gasteiger partial charge in [0.2, 0.25) is 0 Å². The van der Waals surface area contributed by atoms with E-state index in [0.717, 1.165) is 16.7 Å². The summed E-state index contributed by atoms with van der Waals surface area (Å²) in [6, 6.07) is 9.99. The molecule has 1 atom stereocenters. The van der Waals surface area contributed by atoms with Crippen LogP contribution in [0.5, 0.6) is 0 Å². The SMILES string of the molecule is CCOC(=O)C1C(C)=C1c1ccccc1. The standard InChI is InChI=1S/C13H14O2/c1-3-15-13(14)12-9(2)11(12)10-7-5-4-6-8-10/h4-8,12H,3H2,1-2H3. The quantitative estimate of drug-likeness (QED) is 0.704. The van der Waals surface area contributed by atoms with Crippen molar-refractivity contribution >= 4 is 11.5 Å². The first-order valence-corrected chi connectivity index (χ1v) is 5.18. The molecule has 0 bridgehead atoms. The van der Waals surface area contributed by atoms with Gasteiger partial charge in [-0.25, -0.2) is 0 Å². The van der Waals surface area contributed by atoms with Gasteiger partial charge < -0.3 is 4.74 Å². The van der Waals surface area contributed by atoms with Gasteiger partial charge in [0.25, 0.3) is 0 Å². The Labute approximate surface area is 89.6 Å². The van der Waals surface area contributed by atoms with Crippen molar-refractivity contribution in [2.24, 2.45) is 5.92 Å². The number of esters is 1. The van der Waals surface area contributed by atoms with Crippen LogP contribution in [0, 0.1) is 5.92 Å². The zero-order valence-corrected chi connectivity index (χ0v) is 8.99. The average Bonchev–Trinajstić information content (AvgIpc) is 2.92. The number of hydrogen-bond donors (Lipinski definition) is 0. The van der Waals surface area contributed by atoms with Gasteiger partial charge in [-0.1, -0.05) is 30.3 Å². The Kier molecular flexibility index (Phi) is 2.58. The summed E-state index contributed by atoms with van der Waals surface area (Å²) in [4.78, 5) is 11.5. The predicted octanol–water partition coefficient (Wildman–Crippen LogP) is 2.65. The Hall–Kier alpha value is -1.57. The highest BCUT2D eigenvalue weighted by Crippen LogP contribution is 2.47. The van der Waals surface area contributed by atoms with Crippen molar-refractivity contribution in [1.29, 1.82) is 0 Å². The Balaban J connectivity index is 2.11. The summed E-state index contributed by atoms with van der Waals surface area (Å²) in [5, 5.41) is 0. The summed E-state index contributed by atoms with van der Waals surface area (Å²) in [6.45, 7) is 4.27. The van der Waals surface area contributed by atoms with E-state index in [9.17, 15) is 4.79 Å². The molecule has 1 aliphatic carbocycles. The smallest absolute Gasteiger partial charge is 0.317 e. The third kappa shape index (κ3) is 1.80. The van der Waals surface area contributed by atoms with Gasteiger partial charge in [-0.2, -0.15) is 0 Å². The number of ether oxygens (including phenoxy) is 1. The molecule has 0 saturated heterocycles. The fourth-order valence-corrected chi connectivity index (χ4v) is 1.86. The molecule has 1 unspecified atom stereocenters. The molecule has 78 valence electrons. The normalized spacial score (nSPS) is 18.9. The summed E-state index contributed by atoms with van der Waals surface area (Å²) >= 11 is 0. The van der Waals surface area contributed by atoms with Crippen LogP contribution in [0.2, 0.25) is 0 Å². The second kappa shape index (κ2) is 3.89. The van der Waals surface area contributed by atoms with Gasteiger partial charge in [0.1, 0.15) is 5.92 Å². The monoisotopic (exact) mass is 202 g/mol. The third-order valence-electron chi connectivity index (χ3n) is 2.67. The van der Waals surface area contributed by atoms with Crippen LogP contribution in [0.1, 0.15) is 19.4 Å². The summed E-state index contributed by atoms with van der Waals surface area (Å²) in [7, 11) is 0. The Bertz CT molecular complexity index is 404. The topological polar surface area (TPSA) is 26.3 Å². The number of carbonyl (C=O) groups is 1. The van der Waals surface area contributed by atoms with Crippen LogP contribution in [-0.4, -0.2) is 12.6 Å². The van der Waals surface area contributed by atoms with Crippen LogP contribution in [0.25, 0.3) is 5.57 Å². The van der Waals surface area contributed by atoms with Crippen molar-refractivity contribution in [2.75, 3.05) is 6.61 Å². The second-order valence-corrected chi connectivity index (χ2v) is 3.65. The number of rotatable bonds is 3. The highest BCUT2D eigenvalue weighted by atomic mass is 16.5. The van der Waals surface area contributed by atoms with Crippen LogP contribution in [-0.2, 0) is 9.53 Å². The van der Waals surface area contributed by atoms with Crippen LogP contribution in [0.4, 0.5) is 0 Å². The van der Waals surface area contributed by atoms with Gasteiger partial charge in [-0.05, 0) is 30.6 Å². The highest BCUT2D eigenvalue weighted by Gasteiger charge is 2.40. The molecule has 0 aromatic heterocycles. The largest absolute Gasteiger partial charge is 0.465 e. The summed E-state index contributed by atoms with van der Waals surface area (Å²) in [6.07, 6.45) is 0. The third-order valence-corrected chi connectivity index (χ3v) is 2.67. The predicted molar refractivity (Wildman–Crippen MR) is 59.2 cm³/mol. The lowest BCUT2D eigenvalue weighted by atomic mass is 10.1. The van der Waals surface area contributed by atoms with E-state index in [0.29, 0.717) is 6.61 Å². The Morgan fingerprint density at radius 2 is 2.00 bits per heavy atom. The minimum Gasteiger partial charge on any atom is -0.465 e. The molecule has 0 N–H and O–H groups in total. The van der Waals surface area contributed by atoms with Crippen LogP contribution in [0.3, 0.4) is 0 Å². The fraction of sp³-hybridized carbons (Fsp3) is 0.308. The van der Waals surface area contributed by atoms with Crippen LogP contribution >= 0.6 is 0 Å². The van der Waals surface area contributed by atoms with Crippen LogP contribution in [0.15, 0.2) is 35.9 Å². The van der Waals surface area contributed by atoms with E-state index in [2.05, 4.69) is 0 Å². The molecule has 0 heterocycles. The molecular formula is C13H14O2. The maximum atomic E-state index is 11.5. The second-order valence-electron chi connectivity index (χ2n) is 3.65. The lowest BCUT2D eigenvalue weighted by Gasteiger charge is -2.01. The average molecular weight is 202 g/mol. The molecule has 2 heteroatoms. The molecule has 1 aromatic rings. The molecule has 0 aliphatic heterocycles. The van der Waals surface area contributed by atoms with Gasteiger partial charge in [-0.15, -0.1) is 0 Å².